The van der Waals surface area contributed by atoms with Gasteiger partial charge in [0.05, 0.1) is 17.0 Å². The smallest absolute Gasteiger partial charge is 0.228 e. The van der Waals surface area contributed by atoms with E-state index in [0.717, 1.165) is 74.2 Å². The lowest BCUT2D eigenvalue weighted by molar-refractivity contribution is 0.621. The zero-order valence-corrected chi connectivity index (χ0v) is 37.7. The van der Waals surface area contributed by atoms with Crippen LogP contribution in [0.4, 0.5) is 0 Å². The minimum Gasteiger partial charge on any atom is -0.436 e. The number of hydrogen-bond acceptors (Lipinski definition) is 7. The third-order valence-electron chi connectivity index (χ3n) is 13.1. The van der Waals surface area contributed by atoms with Gasteiger partial charge in [-0.25, -0.2) is 15.0 Å². The Hall–Kier alpha value is -7.55. The number of nitrogens with zero attached hydrogens (tertiary/aromatic N) is 3. The zero-order valence-electron chi connectivity index (χ0n) is 35.3. The molecule has 7 heteroatoms. The molecule has 9 aromatic carbocycles. The zero-order chi connectivity index (χ0) is 43.3. The van der Waals surface area contributed by atoms with Crippen LogP contribution >= 0.6 is 34.0 Å². The van der Waals surface area contributed by atoms with Crippen LogP contribution < -0.4 is 0 Å². The molecule has 0 saturated carbocycles. The van der Waals surface area contributed by atoms with E-state index in [4.69, 9.17) is 19.4 Å². The summed E-state index contributed by atoms with van der Waals surface area (Å²) in [6, 6.07) is 65.3. The van der Waals surface area contributed by atoms with E-state index in [1.54, 1.807) is 0 Å². The molecule has 0 spiro atoms. The van der Waals surface area contributed by atoms with Gasteiger partial charge in [-0.15, -0.1) is 34.0 Å². The molecule has 66 heavy (non-hydrogen) atoms. The molecule has 0 aliphatic carbocycles. The van der Waals surface area contributed by atoms with Gasteiger partial charge in [-0.2, -0.15) is 0 Å². The van der Waals surface area contributed by atoms with Crippen LogP contribution in [0.25, 0.3) is 111 Å². The van der Waals surface area contributed by atoms with Crippen LogP contribution in [0.5, 0.6) is 0 Å². The largest absolute Gasteiger partial charge is 0.436 e. The Balaban J connectivity index is 0.866. The van der Waals surface area contributed by atoms with Crippen molar-refractivity contribution in [3.63, 3.8) is 0 Å². The van der Waals surface area contributed by atoms with Crippen molar-refractivity contribution in [2.45, 2.75) is 12.8 Å². The van der Waals surface area contributed by atoms with E-state index in [1.165, 1.54) is 71.6 Å². The van der Waals surface area contributed by atoms with Crippen molar-refractivity contribution in [1.29, 1.82) is 0 Å². The summed E-state index contributed by atoms with van der Waals surface area (Å²) in [4.78, 5) is 16.1. The molecule has 0 radical (unpaired) electrons. The standard InChI is InChI=1S/C59H35N3OS3/c1-2-12-38-34(11-1)30-32-49-55(38)62-59(63-49)46-19-8-17-43-42-16-7-15-39(56(42)66-57(43)46)35-25-27-36(28-26-35)47-20-10-21-48(44-18-9-24-52-54(44)45-14-4-6-23-51(45)64-52)61-58(60-47)37-29-31-41-40-13-3-5-22-50(40)65-53(41)33-37/h1-9,11-20,22-33H,10,21H2. The highest BCUT2D eigenvalue weighted by Crippen LogP contribution is 2.45. The monoisotopic (exact) mass is 897 g/mol. The maximum Gasteiger partial charge on any atom is 0.228 e. The summed E-state index contributed by atoms with van der Waals surface area (Å²) in [5.74, 6) is 1.38. The van der Waals surface area contributed by atoms with E-state index >= 15 is 0 Å². The highest BCUT2D eigenvalue weighted by molar-refractivity contribution is 7.27. The Kier molecular flexibility index (Phi) is 8.59. The first-order chi connectivity index (χ1) is 32.7. The lowest BCUT2D eigenvalue weighted by Crippen LogP contribution is -2.09. The number of thiophene rings is 3. The fourth-order valence-electron chi connectivity index (χ4n) is 9.91. The topological polar surface area (TPSA) is 50.8 Å². The molecular weight excluding hydrogens is 863 g/mol. The van der Waals surface area contributed by atoms with Gasteiger partial charge in [0, 0.05) is 77.0 Å². The molecule has 310 valence electrons. The summed E-state index contributed by atoms with van der Waals surface area (Å²) in [5, 5.41) is 9.80. The second-order valence-corrected chi connectivity index (χ2v) is 20.1. The third-order valence-corrected chi connectivity index (χ3v) is 16.6. The second kappa shape index (κ2) is 15.0. The van der Waals surface area contributed by atoms with Gasteiger partial charge in [0.1, 0.15) is 5.52 Å². The van der Waals surface area contributed by atoms with Gasteiger partial charge in [-0.05, 0) is 71.3 Å². The molecule has 5 heterocycles. The fourth-order valence-corrected chi connectivity index (χ4v) is 13.5. The second-order valence-electron chi connectivity index (χ2n) is 16.9. The van der Waals surface area contributed by atoms with Crippen LogP contribution in [0.3, 0.4) is 0 Å². The average Bonchev–Trinajstić information content (AvgIpc) is 4.15. The third kappa shape index (κ3) is 6.04. The first kappa shape index (κ1) is 37.8. The Morgan fingerprint density at radius 3 is 1.94 bits per heavy atom. The van der Waals surface area contributed by atoms with Crippen molar-refractivity contribution in [2.24, 2.45) is 9.98 Å². The number of benzene rings is 9. The molecule has 1 aliphatic heterocycles. The number of amidine groups is 1. The van der Waals surface area contributed by atoms with Crippen LogP contribution in [-0.4, -0.2) is 16.5 Å². The fraction of sp³-hybridized carbons (Fsp3) is 0.0339. The molecular formula is C59H35N3OS3. The number of rotatable bonds is 5. The average molecular weight is 898 g/mol. The van der Waals surface area contributed by atoms with Crippen LogP contribution in [0.1, 0.15) is 29.5 Å². The van der Waals surface area contributed by atoms with Gasteiger partial charge in [0.2, 0.25) is 5.89 Å². The number of fused-ring (bicyclic) bond motifs is 12. The number of allylic oxidation sites excluding steroid dienone is 1. The molecule has 4 aromatic heterocycles. The van der Waals surface area contributed by atoms with E-state index in [1.807, 2.05) is 40.1 Å². The SMILES string of the molecule is C1=C(c2ccc(-c3cccc4c3sc3c(-c5nc6c(ccc7ccccc76)o5)cccc34)cc2)N=C(c2ccc3c(c2)sc2ccccc23)N=C(c2cccc3sc4ccccc4c23)CC1. The number of aromatic nitrogens is 1. The van der Waals surface area contributed by atoms with Gasteiger partial charge in [0.25, 0.3) is 0 Å². The first-order valence-corrected chi connectivity index (χ1v) is 24.7. The molecule has 14 rings (SSSR count). The van der Waals surface area contributed by atoms with E-state index in [2.05, 4.69) is 182 Å². The Morgan fingerprint density at radius 1 is 0.439 bits per heavy atom. The Labute approximate surface area is 390 Å². The van der Waals surface area contributed by atoms with Crippen molar-refractivity contribution in [3.05, 3.63) is 205 Å². The number of aliphatic imine (C=N–C) groups is 2. The van der Waals surface area contributed by atoms with Gasteiger partial charge >= 0.3 is 0 Å². The highest BCUT2D eigenvalue weighted by atomic mass is 32.1. The number of hydrogen-bond donors (Lipinski definition) is 0. The summed E-state index contributed by atoms with van der Waals surface area (Å²) in [7, 11) is 0. The molecule has 13 aromatic rings. The predicted molar refractivity (Wildman–Crippen MR) is 284 cm³/mol. The maximum absolute atomic E-state index is 6.47. The van der Waals surface area contributed by atoms with Crippen LogP contribution in [0.2, 0.25) is 0 Å². The minimum absolute atomic E-state index is 0.647. The lowest BCUT2D eigenvalue weighted by atomic mass is 9.97. The molecule has 0 bridgehead atoms. The molecule has 0 atom stereocenters. The number of oxazole rings is 1. The van der Waals surface area contributed by atoms with Crippen LogP contribution in [0.15, 0.2) is 202 Å². The van der Waals surface area contributed by atoms with Gasteiger partial charge in [-0.3, -0.25) is 0 Å². The molecule has 1 aliphatic rings. The summed E-state index contributed by atoms with van der Waals surface area (Å²) >= 11 is 5.48. The first-order valence-electron chi connectivity index (χ1n) is 22.2. The van der Waals surface area contributed by atoms with Crippen LogP contribution in [-0.2, 0) is 0 Å². The summed E-state index contributed by atoms with van der Waals surface area (Å²) in [6.45, 7) is 0. The molecule has 0 fully saturated rings. The maximum atomic E-state index is 6.47. The van der Waals surface area contributed by atoms with Gasteiger partial charge in [-0.1, -0.05) is 152 Å². The van der Waals surface area contributed by atoms with Crippen LogP contribution in [0, 0.1) is 0 Å². The summed E-state index contributed by atoms with van der Waals surface area (Å²) in [5.41, 5.74) is 10.3. The van der Waals surface area contributed by atoms with Crippen molar-refractivity contribution < 1.29 is 4.42 Å². The van der Waals surface area contributed by atoms with Crippen molar-refractivity contribution in [3.8, 4) is 22.6 Å². The normalized spacial score (nSPS) is 13.6. The molecule has 0 saturated heterocycles. The predicted octanol–water partition coefficient (Wildman–Crippen LogP) is 17.5. The van der Waals surface area contributed by atoms with E-state index in [9.17, 15) is 0 Å². The molecule has 4 nitrogen and oxygen atoms in total. The van der Waals surface area contributed by atoms with Gasteiger partial charge in [0.15, 0.2) is 11.4 Å². The summed E-state index contributed by atoms with van der Waals surface area (Å²) in [6.07, 6.45) is 3.92. The molecule has 0 amide bonds. The van der Waals surface area contributed by atoms with E-state index in [0.29, 0.717) is 5.89 Å². The highest BCUT2D eigenvalue weighted by Gasteiger charge is 2.21. The van der Waals surface area contributed by atoms with Crippen molar-refractivity contribution in [1.82, 2.24) is 4.98 Å². The van der Waals surface area contributed by atoms with E-state index < -0.39 is 0 Å². The minimum atomic E-state index is 0.647. The quantitative estimate of drug-likeness (QED) is 0.173. The molecule has 0 unspecified atom stereocenters. The van der Waals surface area contributed by atoms with Gasteiger partial charge < -0.3 is 4.42 Å². The lowest BCUT2D eigenvalue weighted by Gasteiger charge is -2.15. The van der Waals surface area contributed by atoms with Crippen molar-refractivity contribution in [2.75, 3.05) is 0 Å². The van der Waals surface area contributed by atoms with Crippen molar-refractivity contribution >= 4 is 134 Å². The van der Waals surface area contributed by atoms with E-state index in [-0.39, 0.29) is 0 Å². The molecule has 0 N–H and O–H groups in total. The summed E-state index contributed by atoms with van der Waals surface area (Å²) < 4.78 is 14.0. The Bertz CT molecular complexity index is 4240. The Morgan fingerprint density at radius 2 is 1.08 bits per heavy atom.